The minimum Gasteiger partial charge on any atom is -0.444 e. The Morgan fingerprint density at radius 3 is 2.27 bits per heavy atom. The van der Waals surface area contributed by atoms with Gasteiger partial charge in [-0.2, -0.15) is 13.2 Å². The number of halogens is 3. The summed E-state index contributed by atoms with van der Waals surface area (Å²) in [6.07, 6.45) is -4.32. The smallest absolute Gasteiger partial charge is 0.444 e. The lowest BCUT2D eigenvalue weighted by atomic mass is 9.84. The Morgan fingerprint density at radius 1 is 1.23 bits per heavy atom. The molecule has 0 radical (unpaired) electrons. The van der Waals surface area contributed by atoms with Gasteiger partial charge >= 0.3 is 12.3 Å². The predicted molar refractivity (Wildman–Crippen MR) is 75.4 cm³/mol. The van der Waals surface area contributed by atoms with Gasteiger partial charge in [-0.15, -0.1) is 0 Å². The van der Waals surface area contributed by atoms with E-state index in [1.807, 2.05) is 0 Å². The summed E-state index contributed by atoms with van der Waals surface area (Å²) < 4.78 is 42.7. The van der Waals surface area contributed by atoms with Gasteiger partial charge in [0, 0.05) is 19.0 Å². The highest BCUT2D eigenvalue weighted by atomic mass is 19.4. The Labute approximate surface area is 129 Å². The van der Waals surface area contributed by atoms with E-state index in [1.54, 1.807) is 27.7 Å². The topological polar surface area (TPSA) is 46.6 Å². The quantitative estimate of drug-likeness (QED) is 0.790. The van der Waals surface area contributed by atoms with Crippen molar-refractivity contribution in [1.29, 1.82) is 0 Å². The molecule has 7 heteroatoms. The summed E-state index contributed by atoms with van der Waals surface area (Å²) in [7, 11) is 0. The molecule has 1 rings (SSSR count). The Bertz CT molecular complexity index is 415. The molecular formula is C15H24F3NO3. The van der Waals surface area contributed by atoms with E-state index >= 15 is 0 Å². The predicted octanol–water partition coefficient (Wildman–Crippen LogP) is 3.93. The van der Waals surface area contributed by atoms with Crippen molar-refractivity contribution in [2.75, 3.05) is 6.54 Å². The van der Waals surface area contributed by atoms with Crippen LogP contribution in [0.15, 0.2) is 0 Å². The summed E-state index contributed by atoms with van der Waals surface area (Å²) in [4.78, 5) is 24.9. The van der Waals surface area contributed by atoms with Gasteiger partial charge in [0.15, 0.2) is 0 Å². The monoisotopic (exact) mass is 323 g/mol. The normalized spacial score (nSPS) is 23.3. The first-order valence-corrected chi connectivity index (χ1v) is 7.55. The van der Waals surface area contributed by atoms with Gasteiger partial charge in [-0.05, 0) is 46.0 Å². The Kier molecular flexibility index (Phi) is 5.87. The van der Waals surface area contributed by atoms with E-state index in [1.165, 1.54) is 4.90 Å². The van der Waals surface area contributed by atoms with E-state index in [0.717, 1.165) is 0 Å². The molecule has 1 saturated heterocycles. The van der Waals surface area contributed by atoms with Crippen LogP contribution in [0.25, 0.3) is 0 Å². The number of ether oxygens (including phenoxy) is 1. The molecule has 128 valence electrons. The van der Waals surface area contributed by atoms with Crippen LogP contribution in [0.4, 0.5) is 18.0 Å². The first-order chi connectivity index (χ1) is 9.95. The van der Waals surface area contributed by atoms with Crippen molar-refractivity contribution >= 4 is 11.9 Å². The summed E-state index contributed by atoms with van der Waals surface area (Å²) in [6.45, 7) is 7.46. The number of rotatable bonds is 3. The molecule has 0 aromatic carbocycles. The maximum atomic E-state index is 12.5. The van der Waals surface area contributed by atoms with Gasteiger partial charge in [-0.1, -0.05) is 6.92 Å². The zero-order chi connectivity index (χ0) is 17.1. The van der Waals surface area contributed by atoms with E-state index < -0.39 is 42.0 Å². The number of amides is 1. The molecule has 0 N–H and O–H groups in total. The average molecular weight is 323 g/mol. The molecule has 1 heterocycles. The Hall–Kier alpha value is -1.27. The second kappa shape index (κ2) is 6.87. The summed E-state index contributed by atoms with van der Waals surface area (Å²) in [5.74, 6) is -2.19. The van der Waals surface area contributed by atoms with Crippen molar-refractivity contribution in [2.24, 2.45) is 5.92 Å². The number of carbonyl (C=O) groups is 2. The summed E-state index contributed by atoms with van der Waals surface area (Å²) in [5.41, 5.74) is -0.663. The minimum atomic E-state index is -4.81. The third-order valence-electron chi connectivity index (χ3n) is 3.73. The SMILES string of the molecule is CCC1C(CC(=O)C(F)(F)F)CCCN1C(=O)OC(C)(C)C. The van der Waals surface area contributed by atoms with Crippen LogP contribution in [-0.4, -0.2) is 41.1 Å². The first-order valence-electron chi connectivity index (χ1n) is 7.55. The fraction of sp³-hybridized carbons (Fsp3) is 0.867. The van der Waals surface area contributed by atoms with Gasteiger partial charge in [0.05, 0.1) is 0 Å². The molecular weight excluding hydrogens is 299 g/mol. The average Bonchev–Trinajstić information content (AvgIpc) is 2.35. The number of alkyl halides is 3. The van der Waals surface area contributed by atoms with E-state index in [9.17, 15) is 22.8 Å². The number of likely N-dealkylation sites (tertiary alicyclic amines) is 1. The van der Waals surface area contributed by atoms with Crippen molar-refractivity contribution in [3.05, 3.63) is 0 Å². The molecule has 1 fully saturated rings. The maximum Gasteiger partial charge on any atom is 0.449 e. The molecule has 2 unspecified atom stereocenters. The number of Topliss-reactive ketones (excluding diaryl/α,β-unsaturated/α-hetero) is 1. The third-order valence-corrected chi connectivity index (χ3v) is 3.73. The van der Waals surface area contributed by atoms with Crippen LogP contribution in [0.3, 0.4) is 0 Å². The molecule has 1 aliphatic heterocycles. The molecule has 0 aromatic rings. The zero-order valence-electron chi connectivity index (χ0n) is 13.5. The molecule has 0 bridgehead atoms. The molecule has 4 nitrogen and oxygen atoms in total. The molecule has 1 aliphatic rings. The Morgan fingerprint density at radius 2 is 1.82 bits per heavy atom. The van der Waals surface area contributed by atoms with E-state index in [-0.39, 0.29) is 0 Å². The highest BCUT2D eigenvalue weighted by Crippen LogP contribution is 2.32. The van der Waals surface area contributed by atoms with Crippen molar-refractivity contribution < 1.29 is 27.5 Å². The molecule has 0 aromatic heterocycles. The summed E-state index contributed by atoms with van der Waals surface area (Å²) >= 11 is 0. The fourth-order valence-corrected chi connectivity index (χ4v) is 2.83. The van der Waals surface area contributed by atoms with Crippen LogP contribution in [-0.2, 0) is 9.53 Å². The van der Waals surface area contributed by atoms with Gasteiger partial charge in [0.25, 0.3) is 0 Å². The van der Waals surface area contributed by atoms with Crippen LogP contribution in [0.5, 0.6) is 0 Å². The lowest BCUT2D eigenvalue weighted by molar-refractivity contribution is -0.172. The van der Waals surface area contributed by atoms with Gasteiger partial charge in [-0.25, -0.2) is 4.79 Å². The van der Waals surface area contributed by atoms with Crippen LogP contribution >= 0.6 is 0 Å². The van der Waals surface area contributed by atoms with Crippen LogP contribution in [0.1, 0.15) is 53.4 Å². The number of hydrogen-bond donors (Lipinski definition) is 0. The van der Waals surface area contributed by atoms with Gasteiger partial charge in [0.2, 0.25) is 5.78 Å². The lowest BCUT2D eigenvalue weighted by Crippen LogP contribution is -2.50. The second-order valence-electron chi connectivity index (χ2n) is 6.68. The second-order valence-corrected chi connectivity index (χ2v) is 6.68. The van der Waals surface area contributed by atoms with Crippen molar-refractivity contribution in [1.82, 2.24) is 4.90 Å². The zero-order valence-corrected chi connectivity index (χ0v) is 13.5. The van der Waals surface area contributed by atoms with E-state index in [2.05, 4.69) is 0 Å². The van der Waals surface area contributed by atoms with Crippen LogP contribution in [0, 0.1) is 5.92 Å². The molecule has 2 atom stereocenters. The summed E-state index contributed by atoms with van der Waals surface area (Å²) in [5, 5.41) is 0. The number of ketones is 1. The van der Waals surface area contributed by atoms with Gasteiger partial charge < -0.3 is 9.64 Å². The molecule has 22 heavy (non-hydrogen) atoms. The maximum absolute atomic E-state index is 12.5. The van der Waals surface area contributed by atoms with E-state index in [0.29, 0.717) is 25.8 Å². The molecule has 0 saturated carbocycles. The largest absolute Gasteiger partial charge is 0.449 e. The first kappa shape index (κ1) is 18.8. The molecule has 0 spiro atoms. The van der Waals surface area contributed by atoms with E-state index in [4.69, 9.17) is 4.74 Å². The van der Waals surface area contributed by atoms with Crippen molar-refractivity contribution in [3.63, 3.8) is 0 Å². The Balaban J connectivity index is 2.81. The number of carbonyl (C=O) groups excluding carboxylic acids is 2. The molecule has 1 amide bonds. The lowest BCUT2D eigenvalue weighted by Gasteiger charge is -2.41. The van der Waals surface area contributed by atoms with Gasteiger partial charge in [0.1, 0.15) is 5.60 Å². The number of hydrogen-bond acceptors (Lipinski definition) is 3. The minimum absolute atomic E-state index is 0.394. The van der Waals surface area contributed by atoms with Crippen molar-refractivity contribution in [3.8, 4) is 0 Å². The highest BCUT2D eigenvalue weighted by Gasteiger charge is 2.43. The highest BCUT2D eigenvalue weighted by molar-refractivity contribution is 5.84. The number of piperidine rings is 1. The molecule has 0 aliphatic carbocycles. The standard InChI is InChI=1S/C15H24F3NO3/c1-5-11-10(9-12(20)15(16,17)18)7-6-8-19(11)13(21)22-14(2,3)4/h10-11H,5-9H2,1-4H3. The van der Waals surface area contributed by atoms with Gasteiger partial charge in [-0.3, -0.25) is 4.79 Å². The van der Waals surface area contributed by atoms with Crippen LogP contribution in [0.2, 0.25) is 0 Å². The summed E-state index contributed by atoms with van der Waals surface area (Å²) in [6, 6.07) is -0.394. The fourth-order valence-electron chi connectivity index (χ4n) is 2.83. The third kappa shape index (κ3) is 5.18. The van der Waals surface area contributed by atoms with Crippen molar-refractivity contribution in [2.45, 2.75) is 71.2 Å². The number of nitrogens with zero attached hydrogens (tertiary/aromatic N) is 1. The van der Waals surface area contributed by atoms with Crippen LogP contribution < -0.4 is 0 Å².